The van der Waals surface area contributed by atoms with Gasteiger partial charge in [0.05, 0.1) is 0 Å². The second-order valence-electron chi connectivity index (χ2n) is 4.01. The molecular formula is C10H16N4O. The summed E-state index contributed by atoms with van der Waals surface area (Å²) in [6.07, 6.45) is 6.10. The molecule has 5 nitrogen and oxygen atoms in total. The Labute approximate surface area is 88.1 Å². The molecular weight excluding hydrogens is 192 g/mol. The fourth-order valence-electron chi connectivity index (χ4n) is 2.01. The Hall–Kier alpha value is -1.52. The molecule has 1 saturated carbocycles. The van der Waals surface area contributed by atoms with Crippen LogP contribution in [0.1, 0.15) is 32.1 Å². The summed E-state index contributed by atoms with van der Waals surface area (Å²) >= 11 is 0. The van der Waals surface area contributed by atoms with Gasteiger partial charge in [-0.1, -0.05) is 19.3 Å². The van der Waals surface area contributed by atoms with Gasteiger partial charge in [0.1, 0.15) is 11.6 Å². The summed E-state index contributed by atoms with van der Waals surface area (Å²) < 4.78 is 0. The van der Waals surface area contributed by atoms with Gasteiger partial charge in [0.25, 0.3) is 0 Å². The van der Waals surface area contributed by atoms with Crippen molar-refractivity contribution in [1.29, 1.82) is 0 Å². The number of hydrogen-bond donors (Lipinski definition) is 3. The second kappa shape index (κ2) is 4.33. The van der Waals surface area contributed by atoms with Gasteiger partial charge in [0.15, 0.2) is 0 Å². The van der Waals surface area contributed by atoms with Gasteiger partial charge in [0, 0.05) is 12.1 Å². The molecule has 0 spiro atoms. The Morgan fingerprint density at radius 1 is 1.40 bits per heavy atom. The zero-order valence-electron chi connectivity index (χ0n) is 8.62. The third-order valence-corrected chi connectivity index (χ3v) is 2.72. The zero-order chi connectivity index (χ0) is 10.7. The van der Waals surface area contributed by atoms with Gasteiger partial charge in [-0.15, -0.1) is 0 Å². The van der Waals surface area contributed by atoms with E-state index in [1.165, 1.54) is 19.3 Å². The summed E-state index contributed by atoms with van der Waals surface area (Å²) in [6, 6.07) is 2.10. The van der Waals surface area contributed by atoms with Crippen LogP contribution in [-0.2, 0) is 0 Å². The van der Waals surface area contributed by atoms with E-state index in [0.717, 1.165) is 12.8 Å². The van der Waals surface area contributed by atoms with E-state index in [4.69, 9.17) is 5.73 Å². The van der Waals surface area contributed by atoms with Crippen LogP contribution in [-0.4, -0.2) is 16.0 Å². The Bertz CT molecular complexity index is 381. The number of aromatic amines is 1. The Balaban J connectivity index is 2.06. The van der Waals surface area contributed by atoms with Crippen molar-refractivity contribution < 1.29 is 0 Å². The van der Waals surface area contributed by atoms with Crippen LogP contribution in [0.15, 0.2) is 10.9 Å². The smallest absolute Gasteiger partial charge is 0.348 e. The molecule has 1 aromatic heterocycles. The number of anilines is 2. The fraction of sp³-hybridized carbons (Fsp3) is 0.600. The van der Waals surface area contributed by atoms with E-state index in [2.05, 4.69) is 15.3 Å². The van der Waals surface area contributed by atoms with Crippen LogP contribution in [0.4, 0.5) is 11.6 Å². The highest BCUT2D eigenvalue weighted by atomic mass is 16.1. The van der Waals surface area contributed by atoms with E-state index in [1.807, 2.05) is 0 Å². The average Bonchev–Trinajstić information content (AvgIpc) is 2.17. The lowest BCUT2D eigenvalue weighted by molar-refractivity contribution is 0.461. The lowest BCUT2D eigenvalue weighted by Crippen LogP contribution is -2.25. The van der Waals surface area contributed by atoms with Crippen LogP contribution in [0.25, 0.3) is 0 Å². The third kappa shape index (κ3) is 2.71. The topological polar surface area (TPSA) is 83.8 Å². The molecule has 0 aliphatic heterocycles. The van der Waals surface area contributed by atoms with Crippen LogP contribution < -0.4 is 16.7 Å². The maximum atomic E-state index is 11.1. The van der Waals surface area contributed by atoms with Crippen molar-refractivity contribution >= 4 is 11.6 Å². The van der Waals surface area contributed by atoms with E-state index in [1.54, 1.807) is 6.07 Å². The minimum absolute atomic E-state index is 0.355. The lowest BCUT2D eigenvalue weighted by atomic mass is 9.95. The van der Waals surface area contributed by atoms with Gasteiger partial charge in [-0.05, 0) is 12.8 Å². The van der Waals surface area contributed by atoms with Crippen LogP contribution in [0, 0.1) is 0 Å². The maximum Gasteiger partial charge on any atom is 0.348 e. The van der Waals surface area contributed by atoms with Crippen LogP contribution in [0.3, 0.4) is 0 Å². The summed E-state index contributed by atoms with van der Waals surface area (Å²) in [6.45, 7) is 0. The summed E-state index contributed by atoms with van der Waals surface area (Å²) in [5, 5.41) is 3.25. The Kier molecular flexibility index (Phi) is 2.89. The Morgan fingerprint density at radius 3 is 2.80 bits per heavy atom. The molecule has 0 unspecified atom stereocenters. The van der Waals surface area contributed by atoms with E-state index in [0.29, 0.717) is 17.7 Å². The van der Waals surface area contributed by atoms with Crippen molar-refractivity contribution in [1.82, 2.24) is 9.97 Å². The first-order chi connectivity index (χ1) is 7.24. The molecule has 1 fully saturated rings. The third-order valence-electron chi connectivity index (χ3n) is 2.72. The number of hydrogen-bond acceptors (Lipinski definition) is 4. The fourth-order valence-corrected chi connectivity index (χ4v) is 2.01. The molecule has 4 N–H and O–H groups in total. The minimum Gasteiger partial charge on any atom is -0.385 e. The second-order valence-corrected chi connectivity index (χ2v) is 4.01. The van der Waals surface area contributed by atoms with Gasteiger partial charge >= 0.3 is 5.69 Å². The largest absolute Gasteiger partial charge is 0.385 e. The molecule has 15 heavy (non-hydrogen) atoms. The van der Waals surface area contributed by atoms with E-state index in [-0.39, 0.29) is 0 Å². The number of nitrogens with zero attached hydrogens (tertiary/aromatic N) is 1. The van der Waals surface area contributed by atoms with Crippen LogP contribution in [0.5, 0.6) is 0 Å². The highest BCUT2D eigenvalue weighted by Crippen LogP contribution is 2.20. The van der Waals surface area contributed by atoms with Gasteiger partial charge in [0.2, 0.25) is 0 Å². The van der Waals surface area contributed by atoms with Crippen molar-refractivity contribution in [2.45, 2.75) is 38.1 Å². The molecule has 0 radical (unpaired) electrons. The van der Waals surface area contributed by atoms with E-state index in [9.17, 15) is 4.79 Å². The van der Waals surface area contributed by atoms with Crippen molar-refractivity contribution in [3.05, 3.63) is 16.6 Å². The molecule has 1 aliphatic carbocycles. The minimum atomic E-state index is -0.395. The molecule has 0 amide bonds. The summed E-state index contributed by atoms with van der Waals surface area (Å²) in [5.41, 5.74) is 5.13. The number of nitrogen functional groups attached to an aromatic ring is 1. The first-order valence-corrected chi connectivity index (χ1v) is 5.37. The molecule has 1 heterocycles. The standard InChI is InChI=1S/C10H16N4O/c11-8-6-9(14-10(15)13-8)12-7-4-2-1-3-5-7/h6-7H,1-5H2,(H4,11,12,13,14,15). The number of rotatable bonds is 2. The highest BCUT2D eigenvalue weighted by molar-refractivity contribution is 5.43. The first kappa shape index (κ1) is 10.0. The number of aromatic nitrogens is 2. The molecule has 0 aromatic carbocycles. The highest BCUT2D eigenvalue weighted by Gasteiger charge is 2.13. The van der Waals surface area contributed by atoms with Crippen molar-refractivity contribution in [3.8, 4) is 0 Å². The average molecular weight is 208 g/mol. The lowest BCUT2D eigenvalue weighted by Gasteiger charge is -2.23. The molecule has 1 aliphatic rings. The van der Waals surface area contributed by atoms with Crippen molar-refractivity contribution in [2.24, 2.45) is 0 Å². The predicted octanol–water partition coefficient (Wildman–Crippen LogP) is 1.10. The van der Waals surface area contributed by atoms with E-state index < -0.39 is 5.69 Å². The van der Waals surface area contributed by atoms with E-state index >= 15 is 0 Å². The monoisotopic (exact) mass is 208 g/mol. The number of nitrogens with one attached hydrogen (secondary N) is 2. The van der Waals surface area contributed by atoms with Crippen molar-refractivity contribution in [3.63, 3.8) is 0 Å². The normalized spacial score (nSPS) is 17.6. The molecule has 82 valence electrons. The maximum absolute atomic E-state index is 11.1. The molecule has 0 atom stereocenters. The van der Waals surface area contributed by atoms with Crippen LogP contribution >= 0.6 is 0 Å². The quantitative estimate of drug-likeness (QED) is 0.679. The summed E-state index contributed by atoms with van der Waals surface area (Å²) in [4.78, 5) is 17.3. The van der Waals surface area contributed by atoms with Gasteiger partial charge in [-0.25, -0.2) is 4.79 Å². The molecule has 2 rings (SSSR count). The number of H-pyrrole nitrogens is 1. The summed E-state index contributed by atoms with van der Waals surface area (Å²) in [5.74, 6) is 0.941. The van der Waals surface area contributed by atoms with Crippen molar-refractivity contribution in [2.75, 3.05) is 11.1 Å². The molecule has 5 heteroatoms. The number of nitrogens with two attached hydrogens (primary N) is 1. The van der Waals surface area contributed by atoms with Gasteiger partial charge < -0.3 is 11.1 Å². The van der Waals surface area contributed by atoms with Crippen LogP contribution in [0.2, 0.25) is 0 Å². The van der Waals surface area contributed by atoms with Gasteiger partial charge in [-0.3, -0.25) is 4.98 Å². The molecule has 1 aromatic rings. The zero-order valence-corrected chi connectivity index (χ0v) is 8.62. The van der Waals surface area contributed by atoms with Gasteiger partial charge in [-0.2, -0.15) is 4.98 Å². The Morgan fingerprint density at radius 2 is 2.13 bits per heavy atom. The molecule has 0 bridgehead atoms. The first-order valence-electron chi connectivity index (χ1n) is 5.37. The molecule has 0 saturated heterocycles. The SMILES string of the molecule is Nc1cc(NC2CCCCC2)nc(=O)[nH]1. The summed E-state index contributed by atoms with van der Waals surface area (Å²) in [7, 11) is 0. The predicted molar refractivity (Wildman–Crippen MR) is 59.8 cm³/mol.